The van der Waals surface area contributed by atoms with Gasteiger partial charge in [-0.3, -0.25) is 9.59 Å². The average Bonchev–Trinajstić information content (AvgIpc) is 3.10. The summed E-state index contributed by atoms with van der Waals surface area (Å²) < 4.78 is 0. The third kappa shape index (κ3) is 5.52. The number of carbonyl (C=O) groups excluding carboxylic acids is 3. The van der Waals surface area contributed by atoms with Crippen LogP contribution in [0.25, 0.3) is 0 Å². The molecule has 0 spiro atoms. The number of carboxylic acid groups (broad SMARTS) is 1. The van der Waals surface area contributed by atoms with Crippen molar-refractivity contribution in [2.75, 3.05) is 12.8 Å². The lowest BCUT2D eigenvalue weighted by Gasteiger charge is -2.17. The summed E-state index contributed by atoms with van der Waals surface area (Å²) in [5, 5.41) is 19.9. The molecule has 0 aromatic rings. The van der Waals surface area contributed by atoms with E-state index in [-0.39, 0.29) is 36.9 Å². The van der Waals surface area contributed by atoms with Crippen molar-refractivity contribution >= 4 is 35.6 Å². The summed E-state index contributed by atoms with van der Waals surface area (Å²) in [5.41, 5.74) is 0. The molecule has 2 saturated heterocycles. The van der Waals surface area contributed by atoms with Crippen molar-refractivity contribution < 1.29 is 24.3 Å². The van der Waals surface area contributed by atoms with E-state index in [1.807, 2.05) is 11.8 Å². The van der Waals surface area contributed by atoms with Crippen LogP contribution in [0.4, 0.5) is 4.79 Å². The molecule has 0 aliphatic carbocycles. The number of fused-ring (bicyclic) bond motifs is 1. The third-order valence-electron chi connectivity index (χ3n) is 4.38. The summed E-state index contributed by atoms with van der Waals surface area (Å²) in [6.45, 7) is 0. The molecule has 9 nitrogen and oxygen atoms in total. The molecule has 2 aliphatic rings. The summed E-state index contributed by atoms with van der Waals surface area (Å²) in [6.07, 6.45) is 2.27. The van der Waals surface area contributed by atoms with Gasteiger partial charge in [0, 0.05) is 24.5 Å². The second-order valence-corrected chi connectivity index (χ2v) is 7.48. The highest BCUT2D eigenvalue weighted by Crippen LogP contribution is 2.33. The van der Waals surface area contributed by atoms with Crippen molar-refractivity contribution in [1.29, 1.82) is 0 Å². The minimum absolute atomic E-state index is 0.115. The Morgan fingerprint density at radius 1 is 1.28 bits per heavy atom. The standard InChI is InChI=1S/C15H24N4O5S/c1-16-12(21)6-8(14(22)23)17-11(20)5-3-2-4-10-13-9(7-25-10)18-15(24)19-13/h8-10,13H,2-7H2,1H3,(H,16,21)(H,17,20)(H,22,23)(H2,18,19,24). The minimum Gasteiger partial charge on any atom is -0.480 e. The first-order valence-corrected chi connectivity index (χ1v) is 9.37. The van der Waals surface area contributed by atoms with E-state index in [2.05, 4.69) is 21.3 Å². The number of carbonyl (C=O) groups is 4. The van der Waals surface area contributed by atoms with Crippen molar-refractivity contribution in [1.82, 2.24) is 21.3 Å². The van der Waals surface area contributed by atoms with Gasteiger partial charge < -0.3 is 26.4 Å². The zero-order valence-corrected chi connectivity index (χ0v) is 14.9. The van der Waals surface area contributed by atoms with Gasteiger partial charge >= 0.3 is 12.0 Å². The molecule has 0 aromatic heterocycles. The number of thioether (sulfide) groups is 1. The van der Waals surface area contributed by atoms with Crippen molar-refractivity contribution in [2.45, 2.75) is 55.5 Å². The SMILES string of the molecule is CNC(=O)CC(NC(=O)CCCCC1SCC2NC(=O)NC21)C(=O)O. The molecular formula is C15H24N4O5S. The van der Waals surface area contributed by atoms with Crippen LogP contribution in [0, 0.1) is 0 Å². The summed E-state index contributed by atoms with van der Waals surface area (Å²) >= 11 is 1.82. The zero-order chi connectivity index (χ0) is 18.4. The summed E-state index contributed by atoms with van der Waals surface area (Å²) in [6, 6.07) is -0.990. The summed E-state index contributed by atoms with van der Waals surface area (Å²) in [5.74, 6) is -1.14. The van der Waals surface area contributed by atoms with E-state index in [1.165, 1.54) is 7.05 Å². The fourth-order valence-electron chi connectivity index (χ4n) is 3.03. The van der Waals surface area contributed by atoms with Gasteiger partial charge in [0.15, 0.2) is 0 Å². The average molecular weight is 372 g/mol. The lowest BCUT2D eigenvalue weighted by atomic mass is 10.0. The van der Waals surface area contributed by atoms with Gasteiger partial charge in [-0.05, 0) is 12.8 Å². The van der Waals surface area contributed by atoms with E-state index in [0.29, 0.717) is 11.7 Å². The number of rotatable bonds is 9. The number of hydrogen-bond acceptors (Lipinski definition) is 5. The Bertz CT molecular complexity index is 544. The normalized spacial score (nSPS) is 25.5. The van der Waals surface area contributed by atoms with Crippen LogP contribution in [0.2, 0.25) is 0 Å². The Hall–Kier alpha value is -1.97. The second-order valence-electron chi connectivity index (χ2n) is 6.20. The molecule has 2 aliphatic heterocycles. The molecule has 25 heavy (non-hydrogen) atoms. The van der Waals surface area contributed by atoms with Crippen LogP contribution in [-0.2, 0) is 14.4 Å². The van der Waals surface area contributed by atoms with Gasteiger partial charge in [-0.1, -0.05) is 6.42 Å². The summed E-state index contributed by atoms with van der Waals surface area (Å²) in [7, 11) is 1.41. The molecule has 2 heterocycles. The van der Waals surface area contributed by atoms with E-state index in [0.717, 1.165) is 18.6 Å². The van der Waals surface area contributed by atoms with Gasteiger partial charge in [0.1, 0.15) is 6.04 Å². The Morgan fingerprint density at radius 3 is 2.72 bits per heavy atom. The van der Waals surface area contributed by atoms with Crippen molar-refractivity contribution in [3.05, 3.63) is 0 Å². The largest absolute Gasteiger partial charge is 0.480 e. The molecule has 4 unspecified atom stereocenters. The molecule has 4 amide bonds. The van der Waals surface area contributed by atoms with Crippen molar-refractivity contribution in [3.8, 4) is 0 Å². The Balaban J connectivity index is 1.65. The van der Waals surface area contributed by atoms with Crippen LogP contribution < -0.4 is 21.3 Å². The van der Waals surface area contributed by atoms with Crippen molar-refractivity contribution in [2.24, 2.45) is 0 Å². The van der Waals surface area contributed by atoms with E-state index in [1.54, 1.807) is 0 Å². The highest BCUT2D eigenvalue weighted by molar-refractivity contribution is 8.00. The van der Waals surface area contributed by atoms with Crippen molar-refractivity contribution in [3.63, 3.8) is 0 Å². The quantitative estimate of drug-likeness (QED) is 0.271. The smallest absolute Gasteiger partial charge is 0.326 e. The van der Waals surface area contributed by atoms with Gasteiger partial charge in [0.25, 0.3) is 0 Å². The molecule has 0 radical (unpaired) electrons. The second kappa shape index (κ2) is 8.93. The first-order chi connectivity index (χ1) is 11.9. The Morgan fingerprint density at radius 2 is 2.04 bits per heavy atom. The van der Waals surface area contributed by atoms with Gasteiger partial charge in [0.2, 0.25) is 11.8 Å². The number of hydrogen-bond donors (Lipinski definition) is 5. The molecule has 4 atom stereocenters. The Labute approximate surface area is 150 Å². The molecule has 2 fully saturated rings. The highest BCUT2D eigenvalue weighted by Gasteiger charge is 2.42. The number of aliphatic carboxylic acids is 1. The number of carboxylic acids is 1. The first-order valence-electron chi connectivity index (χ1n) is 8.32. The van der Waals surface area contributed by atoms with E-state index in [4.69, 9.17) is 5.11 Å². The monoisotopic (exact) mass is 372 g/mol. The number of amides is 4. The van der Waals surface area contributed by atoms with Crippen LogP contribution in [-0.4, -0.2) is 65.1 Å². The number of nitrogens with one attached hydrogen (secondary N) is 4. The van der Waals surface area contributed by atoms with Crippen LogP contribution in [0.3, 0.4) is 0 Å². The molecule has 0 saturated carbocycles. The topological polar surface area (TPSA) is 137 Å². The van der Waals surface area contributed by atoms with Gasteiger partial charge in [-0.25, -0.2) is 9.59 Å². The van der Waals surface area contributed by atoms with Crippen LogP contribution in [0.1, 0.15) is 32.1 Å². The van der Waals surface area contributed by atoms with Gasteiger partial charge in [0.05, 0.1) is 18.5 Å². The molecule has 5 N–H and O–H groups in total. The maximum absolute atomic E-state index is 11.9. The van der Waals surface area contributed by atoms with Crippen LogP contribution >= 0.6 is 11.8 Å². The summed E-state index contributed by atoms with van der Waals surface area (Å²) in [4.78, 5) is 45.5. The molecule has 0 bridgehead atoms. The van der Waals surface area contributed by atoms with E-state index in [9.17, 15) is 19.2 Å². The maximum Gasteiger partial charge on any atom is 0.326 e. The lowest BCUT2D eigenvalue weighted by Crippen LogP contribution is -2.43. The highest BCUT2D eigenvalue weighted by atomic mass is 32.2. The third-order valence-corrected chi connectivity index (χ3v) is 5.89. The lowest BCUT2D eigenvalue weighted by molar-refractivity contribution is -0.143. The minimum atomic E-state index is -1.23. The van der Waals surface area contributed by atoms with Gasteiger partial charge in [-0.2, -0.15) is 11.8 Å². The van der Waals surface area contributed by atoms with E-state index >= 15 is 0 Å². The van der Waals surface area contributed by atoms with Crippen LogP contribution in [0.15, 0.2) is 0 Å². The van der Waals surface area contributed by atoms with Gasteiger partial charge in [-0.15, -0.1) is 0 Å². The molecule has 10 heteroatoms. The molecule has 0 aromatic carbocycles. The van der Waals surface area contributed by atoms with E-state index < -0.39 is 17.9 Å². The molecular weight excluding hydrogens is 348 g/mol. The number of urea groups is 1. The van der Waals surface area contributed by atoms with Crippen LogP contribution in [0.5, 0.6) is 0 Å². The predicted octanol–water partition coefficient (Wildman–Crippen LogP) is -0.582. The fourth-order valence-corrected chi connectivity index (χ4v) is 4.57. The first kappa shape index (κ1) is 19.4. The maximum atomic E-state index is 11.9. The zero-order valence-electron chi connectivity index (χ0n) is 14.0. The number of unbranched alkanes of at least 4 members (excludes halogenated alkanes) is 1. The molecule has 140 valence electrons. The fraction of sp³-hybridized carbons (Fsp3) is 0.733. The predicted molar refractivity (Wildman–Crippen MR) is 92.2 cm³/mol. The molecule has 2 rings (SSSR count). The Kier molecular flexibility index (Phi) is 6.91.